The second-order valence-corrected chi connectivity index (χ2v) is 8.48. The van der Waals surface area contributed by atoms with Crippen LogP contribution in [0.3, 0.4) is 0 Å². The normalized spacial score (nSPS) is 11.7. The number of hydrogen-bond donors (Lipinski definition) is 2. The number of H-pyrrole nitrogens is 1. The van der Waals surface area contributed by atoms with Gasteiger partial charge in [0.15, 0.2) is 10.7 Å². The summed E-state index contributed by atoms with van der Waals surface area (Å²) < 4.78 is 40.2. The summed E-state index contributed by atoms with van der Waals surface area (Å²) in [5.41, 5.74) is 0.0773. The van der Waals surface area contributed by atoms with Gasteiger partial charge in [0.1, 0.15) is 17.3 Å². The highest BCUT2D eigenvalue weighted by Gasteiger charge is 2.27. The number of ether oxygens (including phenoxy) is 2. The van der Waals surface area contributed by atoms with Crippen LogP contribution in [-0.4, -0.2) is 48.4 Å². The highest BCUT2D eigenvalue weighted by Crippen LogP contribution is 2.23. The fourth-order valence-electron chi connectivity index (χ4n) is 3.06. The van der Waals surface area contributed by atoms with Gasteiger partial charge in [0, 0.05) is 11.9 Å². The van der Waals surface area contributed by atoms with E-state index >= 15 is 0 Å². The maximum Gasteiger partial charge on any atom is 0.283 e. The molecule has 12 heteroatoms. The largest absolute Gasteiger partial charge is 0.497 e. The SMILES string of the molecule is COc1ccc(C=Nc2nc3[nH]nc(C)n3c(=O)c2S(=O)(=O)Nc2ccc(OC)cc2)cc1. The van der Waals surface area contributed by atoms with Gasteiger partial charge in [-0.1, -0.05) is 0 Å². The number of nitrogens with zero attached hydrogens (tertiary/aromatic N) is 4. The third-order valence-corrected chi connectivity index (χ3v) is 6.13. The lowest BCUT2D eigenvalue weighted by Crippen LogP contribution is -2.27. The zero-order chi connectivity index (χ0) is 23.6. The molecule has 0 aliphatic carbocycles. The number of sulfonamides is 1. The quantitative estimate of drug-likeness (QED) is 0.397. The summed E-state index contributed by atoms with van der Waals surface area (Å²) in [7, 11) is -1.31. The monoisotopic (exact) mass is 468 g/mol. The molecular formula is C21H20N6O5S. The summed E-state index contributed by atoms with van der Waals surface area (Å²) in [6, 6.07) is 13.1. The van der Waals surface area contributed by atoms with Crippen LogP contribution in [0, 0.1) is 6.92 Å². The Bertz CT molecular complexity index is 1490. The highest BCUT2D eigenvalue weighted by molar-refractivity contribution is 7.92. The fourth-order valence-corrected chi connectivity index (χ4v) is 4.27. The molecular weight excluding hydrogens is 448 g/mol. The number of aliphatic imine (C=N–C) groups is 1. The Morgan fingerprint density at radius 3 is 2.24 bits per heavy atom. The molecule has 2 heterocycles. The summed E-state index contributed by atoms with van der Waals surface area (Å²) in [6.45, 7) is 1.56. The van der Waals surface area contributed by atoms with Gasteiger partial charge in [-0.05, 0) is 61.0 Å². The van der Waals surface area contributed by atoms with Crippen molar-refractivity contribution in [3.05, 3.63) is 70.3 Å². The number of aromatic nitrogens is 4. The molecule has 0 amide bonds. The maximum atomic E-state index is 13.3. The topological polar surface area (TPSA) is 140 Å². The number of methoxy groups -OCH3 is 2. The summed E-state index contributed by atoms with van der Waals surface area (Å²) in [6.07, 6.45) is 1.41. The van der Waals surface area contributed by atoms with E-state index in [2.05, 4.69) is 24.9 Å². The molecule has 0 atom stereocenters. The van der Waals surface area contributed by atoms with Crippen molar-refractivity contribution in [3.8, 4) is 11.5 Å². The third kappa shape index (κ3) is 4.41. The molecule has 11 nitrogen and oxygen atoms in total. The lowest BCUT2D eigenvalue weighted by Gasteiger charge is -2.10. The van der Waals surface area contributed by atoms with Crippen LogP contribution in [0.25, 0.3) is 5.78 Å². The number of aryl methyl sites for hydroxylation is 1. The van der Waals surface area contributed by atoms with E-state index in [-0.39, 0.29) is 23.1 Å². The van der Waals surface area contributed by atoms with Crippen molar-refractivity contribution in [2.24, 2.45) is 4.99 Å². The lowest BCUT2D eigenvalue weighted by molar-refractivity contribution is 0.414. The zero-order valence-electron chi connectivity index (χ0n) is 17.9. The average Bonchev–Trinajstić information content (AvgIpc) is 3.19. The van der Waals surface area contributed by atoms with E-state index in [1.54, 1.807) is 50.4 Å². The third-order valence-electron chi connectivity index (χ3n) is 4.73. The van der Waals surface area contributed by atoms with Crippen LogP contribution in [0.5, 0.6) is 11.5 Å². The highest BCUT2D eigenvalue weighted by atomic mass is 32.2. The molecule has 0 radical (unpaired) electrons. The van der Waals surface area contributed by atoms with Crippen LogP contribution in [0.4, 0.5) is 11.5 Å². The Hall–Kier alpha value is -4.19. The zero-order valence-corrected chi connectivity index (χ0v) is 18.8. The first-order valence-corrected chi connectivity index (χ1v) is 11.1. The van der Waals surface area contributed by atoms with Crippen LogP contribution >= 0.6 is 0 Å². The van der Waals surface area contributed by atoms with Gasteiger partial charge in [-0.25, -0.2) is 22.9 Å². The molecule has 0 spiro atoms. The molecule has 170 valence electrons. The molecule has 0 aliphatic rings. The van der Waals surface area contributed by atoms with E-state index in [1.165, 1.54) is 25.5 Å². The maximum absolute atomic E-state index is 13.3. The van der Waals surface area contributed by atoms with Crippen molar-refractivity contribution < 1.29 is 17.9 Å². The van der Waals surface area contributed by atoms with Crippen LogP contribution in [0.15, 0.2) is 63.2 Å². The number of fused-ring (bicyclic) bond motifs is 1. The molecule has 4 aromatic rings. The predicted octanol–water partition coefficient (Wildman–Crippen LogP) is 2.29. The van der Waals surface area contributed by atoms with Crippen molar-refractivity contribution in [1.82, 2.24) is 19.6 Å². The number of rotatable bonds is 7. The summed E-state index contributed by atoms with van der Waals surface area (Å²) in [4.78, 5) is 21.0. The first-order valence-electron chi connectivity index (χ1n) is 9.65. The van der Waals surface area contributed by atoms with Crippen molar-refractivity contribution in [3.63, 3.8) is 0 Å². The predicted molar refractivity (Wildman–Crippen MR) is 122 cm³/mol. The molecule has 0 fully saturated rings. The Balaban J connectivity index is 1.82. The second kappa shape index (κ2) is 8.74. The molecule has 2 aromatic carbocycles. The van der Waals surface area contributed by atoms with Gasteiger partial charge in [0.2, 0.25) is 5.78 Å². The minimum Gasteiger partial charge on any atom is -0.497 e. The van der Waals surface area contributed by atoms with Gasteiger partial charge in [0.25, 0.3) is 15.6 Å². The van der Waals surface area contributed by atoms with Gasteiger partial charge < -0.3 is 9.47 Å². The van der Waals surface area contributed by atoms with E-state index in [0.29, 0.717) is 17.1 Å². The van der Waals surface area contributed by atoms with E-state index in [4.69, 9.17) is 9.47 Å². The van der Waals surface area contributed by atoms with Gasteiger partial charge >= 0.3 is 0 Å². The van der Waals surface area contributed by atoms with Crippen LogP contribution < -0.4 is 19.8 Å². The molecule has 2 N–H and O–H groups in total. The van der Waals surface area contributed by atoms with E-state index in [0.717, 1.165) is 4.40 Å². The number of hydrogen-bond acceptors (Lipinski definition) is 8. The van der Waals surface area contributed by atoms with Crippen molar-refractivity contribution in [1.29, 1.82) is 0 Å². The fraction of sp³-hybridized carbons (Fsp3) is 0.143. The smallest absolute Gasteiger partial charge is 0.283 e. The van der Waals surface area contributed by atoms with Crippen molar-refractivity contribution >= 4 is 33.5 Å². The van der Waals surface area contributed by atoms with E-state index < -0.39 is 20.5 Å². The summed E-state index contributed by atoms with van der Waals surface area (Å²) in [5, 5.41) is 6.55. The van der Waals surface area contributed by atoms with Crippen LogP contribution in [0.1, 0.15) is 11.4 Å². The lowest BCUT2D eigenvalue weighted by atomic mass is 10.2. The number of benzene rings is 2. The molecule has 0 aliphatic heterocycles. The number of aromatic amines is 1. The van der Waals surface area contributed by atoms with Gasteiger partial charge in [-0.3, -0.25) is 9.52 Å². The number of nitrogens with one attached hydrogen (secondary N) is 2. The first-order chi connectivity index (χ1) is 15.8. The van der Waals surface area contributed by atoms with Crippen LogP contribution in [-0.2, 0) is 10.0 Å². The minimum absolute atomic E-state index is 0.0720. The Morgan fingerprint density at radius 2 is 1.64 bits per heavy atom. The molecule has 0 bridgehead atoms. The molecule has 0 saturated carbocycles. The van der Waals surface area contributed by atoms with Gasteiger partial charge in [-0.2, -0.15) is 10.1 Å². The Kier molecular flexibility index (Phi) is 5.84. The minimum atomic E-state index is -4.36. The molecule has 0 saturated heterocycles. The van der Waals surface area contributed by atoms with Gasteiger partial charge in [-0.15, -0.1) is 0 Å². The first kappa shape index (κ1) is 22.0. The van der Waals surface area contributed by atoms with Crippen LogP contribution in [0.2, 0.25) is 0 Å². The second-order valence-electron chi connectivity index (χ2n) is 6.86. The van der Waals surface area contributed by atoms with Gasteiger partial charge in [0.05, 0.1) is 14.2 Å². The Labute approximate surface area is 188 Å². The molecule has 33 heavy (non-hydrogen) atoms. The standard InChI is InChI=1S/C21H20N6O5S/c1-13-24-25-21-23-19(22-12-14-4-8-16(31-2)9-5-14)18(20(28)27(13)21)33(29,30)26-15-6-10-17(32-3)11-7-15/h4-12,26H,1-3H3,(H,23,25). The summed E-state index contributed by atoms with van der Waals surface area (Å²) in [5.74, 6) is 1.27. The van der Waals surface area contributed by atoms with Crippen molar-refractivity contribution in [2.45, 2.75) is 11.8 Å². The number of anilines is 1. The summed E-state index contributed by atoms with van der Waals surface area (Å²) >= 11 is 0. The molecule has 0 unspecified atom stereocenters. The van der Waals surface area contributed by atoms with E-state index in [1.807, 2.05) is 0 Å². The average molecular weight is 468 g/mol. The molecule has 2 aromatic heterocycles. The van der Waals surface area contributed by atoms with Crippen molar-refractivity contribution in [2.75, 3.05) is 18.9 Å². The Morgan fingerprint density at radius 1 is 1.03 bits per heavy atom. The molecule has 4 rings (SSSR count). The van der Waals surface area contributed by atoms with E-state index in [9.17, 15) is 13.2 Å².